The highest BCUT2D eigenvalue weighted by Crippen LogP contribution is 2.27. The van der Waals surface area contributed by atoms with Crippen molar-refractivity contribution in [2.24, 2.45) is 0 Å². The lowest BCUT2D eigenvalue weighted by atomic mass is 9.83. The Bertz CT molecular complexity index is 735. The van der Waals surface area contributed by atoms with Gasteiger partial charge in [0.1, 0.15) is 5.54 Å². The Labute approximate surface area is 143 Å². The molecule has 0 heterocycles. The van der Waals surface area contributed by atoms with Crippen molar-refractivity contribution in [1.29, 1.82) is 5.26 Å². The van der Waals surface area contributed by atoms with E-state index >= 15 is 0 Å². The molecule has 0 unspecified atom stereocenters. The molecule has 1 aromatic carbocycles. The minimum atomic E-state index is -0.909. The van der Waals surface area contributed by atoms with Crippen molar-refractivity contribution in [3.05, 3.63) is 33.9 Å². The first-order valence-corrected chi connectivity index (χ1v) is 7.80. The van der Waals surface area contributed by atoms with Gasteiger partial charge in [-0.2, -0.15) is 5.26 Å². The van der Waals surface area contributed by atoms with Gasteiger partial charge >= 0.3 is 5.97 Å². The number of hydrogen-bond acceptors (Lipinski definition) is 7. The van der Waals surface area contributed by atoms with E-state index in [0.29, 0.717) is 12.8 Å². The molecule has 1 amide bonds. The molecule has 0 bridgehead atoms. The smallest absolute Gasteiger partial charge is 0.340 e. The molecule has 3 N–H and O–H groups in total. The van der Waals surface area contributed by atoms with Gasteiger partial charge in [-0.3, -0.25) is 14.9 Å². The van der Waals surface area contributed by atoms with E-state index in [-0.39, 0.29) is 16.9 Å². The highest BCUT2D eigenvalue weighted by atomic mass is 16.6. The highest BCUT2D eigenvalue weighted by molar-refractivity contribution is 5.96. The summed E-state index contributed by atoms with van der Waals surface area (Å²) in [5, 5.41) is 22.6. The van der Waals surface area contributed by atoms with Gasteiger partial charge in [0.25, 0.3) is 11.6 Å². The fourth-order valence-electron chi connectivity index (χ4n) is 2.78. The summed E-state index contributed by atoms with van der Waals surface area (Å²) in [7, 11) is 0. The molecule has 0 saturated heterocycles. The zero-order valence-corrected chi connectivity index (χ0v) is 13.5. The van der Waals surface area contributed by atoms with E-state index in [1.165, 1.54) is 6.07 Å². The lowest BCUT2D eigenvalue weighted by Gasteiger charge is -2.31. The Kier molecular flexibility index (Phi) is 5.54. The molecule has 132 valence electrons. The molecule has 1 saturated carbocycles. The van der Waals surface area contributed by atoms with Crippen LogP contribution in [-0.4, -0.2) is 28.9 Å². The van der Waals surface area contributed by atoms with Crippen molar-refractivity contribution >= 4 is 23.3 Å². The Balaban J connectivity index is 1.94. The van der Waals surface area contributed by atoms with Gasteiger partial charge in [-0.05, 0) is 18.9 Å². The van der Waals surface area contributed by atoms with Crippen molar-refractivity contribution in [3.8, 4) is 6.07 Å². The fourth-order valence-corrected chi connectivity index (χ4v) is 2.78. The number of anilines is 1. The maximum atomic E-state index is 12.0. The van der Waals surface area contributed by atoms with E-state index in [4.69, 9.17) is 10.5 Å². The molecule has 0 aromatic heterocycles. The molecule has 9 heteroatoms. The van der Waals surface area contributed by atoms with Crippen LogP contribution >= 0.6 is 0 Å². The summed E-state index contributed by atoms with van der Waals surface area (Å²) in [5.41, 5.74) is 4.28. The number of hydrogen-bond donors (Lipinski definition) is 2. The van der Waals surface area contributed by atoms with E-state index in [1.807, 2.05) is 0 Å². The van der Waals surface area contributed by atoms with Gasteiger partial charge in [0.05, 0.1) is 22.2 Å². The molecule has 2 rings (SSSR count). The average Bonchev–Trinajstić information content (AvgIpc) is 2.60. The molecule has 0 radical (unpaired) electrons. The number of nitrogens with two attached hydrogens (primary N) is 1. The van der Waals surface area contributed by atoms with Gasteiger partial charge in [-0.15, -0.1) is 0 Å². The molecule has 0 aliphatic heterocycles. The number of non-ortho nitro benzene ring substituents is 1. The summed E-state index contributed by atoms with van der Waals surface area (Å²) in [6.45, 7) is -0.557. The number of nitrogen functional groups attached to an aromatic ring is 1. The number of benzene rings is 1. The summed E-state index contributed by atoms with van der Waals surface area (Å²) in [6.07, 6.45) is 3.87. The molecular weight excluding hydrogens is 328 g/mol. The summed E-state index contributed by atoms with van der Waals surface area (Å²) in [4.78, 5) is 34.0. The minimum Gasteiger partial charge on any atom is -0.452 e. The van der Waals surface area contributed by atoms with Crippen LogP contribution in [0.3, 0.4) is 0 Å². The monoisotopic (exact) mass is 346 g/mol. The molecule has 25 heavy (non-hydrogen) atoms. The summed E-state index contributed by atoms with van der Waals surface area (Å²) in [5.74, 6) is -1.44. The molecule has 1 aliphatic rings. The van der Waals surface area contributed by atoms with E-state index in [0.717, 1.165) is 31.4 Å². The number of esters is 1. The quantitative estimate of drug-likeness (QED) is 0.356. The number of nitrogens with zero attached hydrogens (tertiary/aromatic N) is 2. The second-order valence-corrected chi connectivity index (χ2v) is 5.91. The topological polar surface area (TPSA) is 148 Å². The number of carbonyl (C=O) groups excluding carboxylic acids is 2. The lowest BCUT2D eigenvalue weighted by molar-refractivity contribution is -0.384. The molecule has 1 aliphatic carbocycles. The molecular formula is C16H18N4O5. The molecule has 1 aromatic rings. The Morgan fingerprint density at radius 3 is 2.60 bits per heavy atom. The summed E-state index contributed by atoms with van der Waals surface area (Å²) in [6, 6.07) is 5.48. The van der Waals surface area contributed by atoms with Gasteiger partial charge in [0.2, 0.25) is 0 Å². The second-order valence-electron chi connectivity index (χ2n) is 5.91. The molecule has 1 fully saturated rings. The first-order valence-electron chi connectivity index (χ1n) is 7.80. The Morgan fingerprint density at radius 2 is 2.04 bits per heavy atom. The Morgan fingerprint density at radius 1 is 1.36 bits per heavy atom. The molecule has 0 spiro atoms. The third-order valence-electron chi connectivity index (χ3n) is 4.10. The third kappa shape index (κ3) is 4.44. The molecule has 0 atom stereocenters. The highest BCUT2D eigenvalue weighted by Gasteiger charge is 2.33. The largest absolute Gasteiger partial charge is 0.452 e. The van der Waals surface area contributed by atoms with Gasteiger partial charge in [-0.1, -0.05) is 19.3 Å². The predicted octanol–water partition coefficient (Wildman–Crippen LogP) is 1.68. The van der Waals surface area contributed by atoms with Gasteiger partial charge in [0.15, 0.2) is 6.61 Å². The molecule has 9 nitrogen and oxygen atoms in total. The van der Waals surface area contributed by atoms with Crippen LogP contribution in [0.15, 0.2) is 18.2 Å². The zero-order valence-electron chi connectivity index (χ0n) is 13.5. The predicted molar refractivity (Wildman–Crippen MR) is 87.4 cm³/mol. The number of ether oxygens (including phenoxy) is 1. The number of amides is 1. The van der Waals surface area contributed by atoms with Crippen LogP contribution in [0.4, 0.5) is 11.4 Å². The summed E-state index contributed by atoms with van der Waals surface area (Å²) < 4.78 is 4.89. The number of nitriles is 1. The average molecular weight is 346 g/mol. The van der Waals surface area contributed by atoms with Crippen molar-refractivity contribution in [2.75, 3.05) is 12.3 Å². The second kappa shape index (κ2) is 7.61. The lowest BCUT2D eigenvalue weighted by Crippen LogP contribution is -2.50. The van der Waals surface area contributed by atoms with Crippen molar-refractivity contribution in [1.82, 2.24) is 5.32 Å². The fraction of sp³-hybridized carbons (Fsp3) is 0.438. The maximum Gasteiger partial charge on any atom is 0.340 e. The standard InChI is InChI=1S/C16H18N4O5/c17-10-16(6-2-1-3-7-16)19-14(21)9-25-15(22)12-5-4-11(20(23)24)8-13(12)18/h4-5,8H,1-3,6-7,9,18H2,(H,19,21). The van der Waals surface area contributed by atoms with Crippen LogP contribution in [0.5, 0.6) is 0 Å². The van der Waals surface area contributed by atoms with E-state index in [9.17, 15) is 25.0 Å². The minimum absolute atomic E-state index is 0.0638. The van der Waals surface area contributed by atoms with Crippen molar-refractivity contribution < 1.29 is 19.2 Å². The van der Waals surface area contributed by atoms with Gasteiger partial charge < -0.3 is 15.8 Å². The number of nitrogens with one attached hydrogen (secondary N) is 1. The van der Waals surface area contributed by atoms with Crippen LogP contribution < -0.4 is 11.1 Å². The van der Waals surface area contributed by atoms with Crippen LogP contribution in [0.25, 0.3) is 0 Å². The zero-order chi connectivity index (χ0) is 18.4. The van der Waals surface area contributed by atoms with Crippen LogP contribution in [0, 0.1) is 21.4 Å². The first-order chi connectivity index (χ1) is 11.9. The van der Waals surface area contributed by atoms with Gasteiger partial charge in [0, 0.05) is 12.1 Å². The number of nitro groups is 1. The number of carbonyl (C=O) groups is 2. The van der Waals surface area contributed by atoms with Crippen LogP contribution in [0.1, 0.15) is 42.5 Å². The third-order valence-corrected chi connectivity index (χ3v) is 4.10. The van der Waals surface area contributed by atoms with E-state index < -0.39 is 28.9 Å². The summed E-state index contributed by atoms with van der Waals surface area (Å²) >= 11 is 0. The normalized spacial score (nSPS) is 15.6. The maximum absolute atomic E-state index is 12.0. The Hall–Kier alpha value is -3.15. The SMILES string of the molecule is N#CC1(NC(=O)COC(=O)c2ccc([N+](=O)[O-])cc2N)CCCCC1. The van der Waals surface area contributed by atoms with Crippen LogP contribution in [0.2, 0.25) is 0 Å². The first kappa shape index (κ1) is 18.2. The van der Waals surface area contributed by atoms with E-state index in [2.05, 4.69) is 11.4 Å². The van der Waals surface area contributed by atoms with Gasteiger partial charge in [-0.25, -0.2) is 4.79 Å². The van der Waals surface area contributed by atoms with Crippen molar-refractivity contribution in [2.45, 2.75) is 37.6 Å². The van der Waals surface area contributed by atoms with Crippen molar-refractivity contribution in [3.63, 3.8) is 0 Å². The number of rotatable bonds is 5. The van der Waals surface area contributed by atoms with Crippen LogP contribution in [-0.2, 0) is 9.53 Å². The van der Waals surface area contributed by atoms with E-state index in [1.54, 1.807) is 0 Å². The number of nitro benzene ring substituents is 1.